The number of benzene rings is 2. The van der Waals surface area contributed by atoms with E-state index in [1.54, 1.807) is 24.0 Å². The average Bonchev–Trinajstić information content (AvgIpc) is 3.09. The van der Waals surface area contributed by atoms with E-state index in [9.17, 15) is 8.78 Å². The first-order valence-corrected chi connectivity index (χ1v) is 9.39. The van der Waals surface area contributed by atoms with E-state index in [1.807, 2.05) is 12.1 Å². The largest absolute Gasteiger partial charge is 0.317 e. The van der Waals surface area contributed by atoms with E-state index in [0.717, 1.165) is 31.6 Å². The fraction of sp³-hybridized carbons (Fsp3) is 0.286. The molecule has 1 N–H and O–H groups in total. The van der Waals surface area contributed by atoms with Crippen LogP contribution in [0.4, 0.5) is 8.78 Å². The number of piperidine rings is 1. The van der Waals surface area contributed by atoms with Crippen LogP contribution in [-0.4, -0.2) is 33.1 Å². The Hall–Kier alpha value is -2.64. The Labute approximate surface area is 172 Å². The number of nitrogens with one attached hydrogen (secondary N) is 1. The number of hydrogen-bond acceptors (Lipinski definition) is 4. The standard InChI is InChI=1S/C21H19F2N5.ClH/c1-28-11-15-6-13(8-18(23)21(15)27-28)14-7-17(22)16-10-19(25-26-20(16)9-14)12-2-4-24-5-3-12;/h6-12,24H,2-5H2,1H3;1H. The number of hydrogen-bond donors (Lipinski definition) is 1. The zero-order valence-electron chi connectivity index (χ0n) is 15.8. The average molecular weight is 416 g/mol. The van der Waals surface area contributed by atoms with Crippen molar-refractivity contribution < 1.29 is 8.78 Å². The Morgan fingerprint density at radius 3 is 2.48 bits per heavy atom. The number of fused-ring (bicyclic) bond motifs is 2. The van der Waals surface area contributed by atoms with Gasteiger partial charge in [-0.2, -0.15) is 15.3 Å². The molecule has 8 heteroatoms. The minimum absolute atomic E-state index is 0. The zero-order valence-corrected chi connectivity index (χ0v) is 16.6. The van der Waals surface area contributed by atoms with Crippen LogP contribution < -0.4 is 5.32 Å². The normalized spacial score (nSPS) is 15.0. The summed E-state index contributed by atoms with van der Waals surface area (Å²) in [4.78, 5) is 0. The molecule has 0 atom stereocenters. The van der Waals surface area contributed by atoms with Crippen molar-refractivity contribution in [2.24, 2.45) is 7.05 Å². The molecule has 1 aliphatic rings. The summed E-state index contributed by atoms with van der Waals surface area (Å²) in [6, 6.07) is 8.19. The van der Waals surface area contributed by atoms with Crippen LogP contribution in [0.15, 0.2) is 36.5 Å². The van der Waals surface area contributed by atoms with Gasteiger partial charge in [0.15, 0.2) is 5.82 Å². The minimum atomic E-state index is -0.430. The molecule has 0 bridgehead atoms. The van der Waals surface area contributed by atoms with Gasteiger partial charge in [0.05, 0.1) is 11.2 Å². The SMILES string of the molecule is Cl.Cn1cc2cc(-c3cc(F)c4cc(C5CCNCC5)nnc4c3)cc(F)c2n1. The molecular weight excluding hydrogens is 396 g/mol. The van der Waals surface area contributed by atoms with Gasteiger partial charge >= 0.3 is 0 Å². The molecule has 0 radical (unpaired) electrons. The summed E-state index contributed by atoms with van der Waals surface area (Å²) < 4.78 is 30.9. The van der Waals surface area contributed by atoms with Gasteiger partial charge in [-0.1, -0.05) is 0 Å². The molecule has 0 aliphatic carbocycles. The third kappa shape index (κ3) is 3.56. The second-order valence-electron chi connectivity index (χ2n) is 7.38. The maximum Gasteiger partial charge on any atom is 0.151 e. The number of aromatic nitrogens is 4. The predicted octanol–water partition coefficient (Wildman–Crippen LogP) is 4.35. The summed E-state index contributed by atoms with van der Waals surface area (Å²) in [5, 5.41) is 17.2. The highest BCUT2D eigenvalue weighted by atomic mass is 35.5. The molecule has 0 saturated carbocycles. The van der Waals surface area contributed by atoms with Gasteiger partial charge in [0.2, 0.25) is 0 Å². The number of halogens is 3. The van der Waals surface area contributed by atoms with Gasteiger partial charge in [0.25, 0.3) is 0 Å². The molecule has 2 aromatic heterocycles. The third-order valence-electron chi connectivity index (χ3n) is 5.44. The van der Waals surface area contributed by atoms with E-state index < -0.39 is 5.82 Å². The Morgan fingerprint density at radius 2 is 1.69 bits per heavy atom. The van der Waals surface area contributed by atoms with Crippen LogP contribution in [-0.2, 0) is 7.05 Å². The van der Waals surface area contributed by atoms with E-state index in [-0.39, 0.29) is 18.2 Å². The fourth-order valence-corrected chi connectivity index (χ4v) is 3.98. The molecule has 1 aliphatic heterocycles. The van der Waals surface area contributed by atoms with Crippen molar-refractivity contribution in [3.63, 3.8) is 0 Å². The minimum Gasteiger partial charge on any atom is -0.317 e. The van der Waals surface area contributed by atoms with Crippen LogP contribution in [0.1, 0.15) is 24.5 Å². The van der Waals surface area contributed by atoms with Crippen molar-refractivity contribution in [2.75, 3.05) is 13.1 Å². The van der Waals surface area contributed by atoms with E-state index in [0.29, 0.717) is 38.9 Å². The lowest BCUT2D eigenvalue weighted by molar-refractivity contribution is 0.451. The molecule has 2 aromatic carbocycles. The van der Waals surface area contributed by atoms with Gasteiger partial charge in [-0.15, -0.1) is 12.4 Å². The lowest BCUT2D eigenvalue weighted by Crippen LogP contribution is -2.27. The topological polar surface area (TPSA) is 55.6 Å². The van der Waals surface area contributed by atoms with Crippen molar-refractivity contribution in [1.29, 1.82) is 0 Å². The maximum absolute atomic E-state index is 14.9. The van der Waals surface area contributed by atoms with Crippen LogP contribution in [0, 0.1) is 11.6 Å². The van der Waals surface area contributed by atoms with E-state index >= 15 is 0 Å². The van der Waals surface area contributed by atoms with Gasteiger partial charge in [-0.25, -0.2) is 8.78 Å². The second-order valence-corrected chi connectivity index (χ2v) is 7.38. The van der Waals surface area contributed by atoms with Crippen molar-refractivity contribution in [2.45, 2.75) is 18.8 Å². The molecule has 29 heavy (non-hydrogen) atoms. The molecule has 4 aromatic rings. The van der Waals surface area contributed by atoms with Crippen LogP contribution in [0.25, 0.3) is 32.9 Å². The number of aryl methyl sites for hydroxylation is 1. The summed E-state index contributed by atoms with van der Waals surface area (Å²) >= 11 is 0. The van der Waals surface area contributed by atoms with Crippen LogP contribution in [0.3, 0.4) is 0 Å². The van der Waals surface area contributed by atoms with E-state index in [1.165, 1.54) is 12.1 Å². The molecule has 0 unspecified atom stereocenters. The number of nitrogens with zero attached hydrogens (tertiary/aromatic N) is 4. The van der Waals surface area contributed by atoms with E-state index in [2.05, 4.69) is 20.6 Å². The smallest absolute Gasteiger partial charge is 0.151 e. The van der Waals surface area contributed by atoms with Gasteiger partial charge in [0, 0.05) is 29.9 Å². The molecule has 0 amide bonds. The first-order valence-electron chi connectivity index (χ1n) is 9.39. The number of rotatable bonds is 2. The lowest BCUT2D eigenvalue weighted by Gasteiger charge is -2.21. The monoisotopic (exact) mass is 415 g/mol. The van der Waals surface area contributed by atoms with Crippen molar-refractivity contribution in [3.8, 4) is 11.1 Å². The molecule has 150 valence electrons. The highest BCUT2D eigenvalue weighted by molar-refractivity contribution is 5.89. The predicted molar refractivity (Wildman–Crippen MR) is 111 cm³/mol. The zero-order chi connectivity index (χ0) is 19.3. The van der Waals surface area contributed by atoms with Crippen molar-refractivity contribution in [1.82, 2.24) is 25.3 Å². The molecule has 5 nitrogen and oxygen atoms in total. The summed E-state index contributed by atoms with van der Waals surface area (Å²) in [5.74, 6) is -0.496. The highest BCUT2D eigenvalue weighted by Crippen LogP contribution is 2.31. The highest BCUT2D eigenvalue weighted by Gasteiger charge is 2.19. The van der Waals surface area contributed by atoms with Crippen LogP contribution in [0.5, 0.6) is 0 Å². The molecular formula is C21H20ClF2N5. The maximum atomic E-state index is 14.9. The Balaban J connectivity index is 0.00000205. The van der Waals surface area contributed by atoms with Crippen LogP contribution in [0.2, 0.25) is 0 Å². The second kappa shape index (κ2) is 7.65. The third-order valence-corrected chi connectivity index (χ3v) is 5.44. The quantitative estimate of drug-likeness (QED) is 0.528. The van der Waals surface area contributed by atoms with E-state index in [4.69, 9.17) is 0 Å². The molecule has 1 fully saturated rings. The summed E-state index contributed by atoms with van der Waals surface area (Å²) in [6.07, 6.45) is 3.69. The first kappa shape index (κ1) is 19.7. The molecule has 1 saturated heterocycles. The van der Waals surface area contributed by atoms with Gasteiger partial charge < -0.3 is 5.32 Å². The summed E-state index contributed by atoms with van der Waals surface area (Å²) in [5.41, 5.74) is 2.77. The Kier molecular flexibility index (Phi) is 5.19. The molecule has 3 heterocycles. The van der Waals surface area contributed by atoms with Crippen molar-refractivity contribution >= 4 is 34.2 Å². The first-order chi connectivity index (χ1) is 13.6. The van der Waals surface area contributed by atoms with Gasteiger partial charge in [-0.05, 0) is 67.4 Å². The van der Waals surface area contributed by atoms with Crippen LogP contribution >= 0.6 is 12.4 Å². The van der Waals surface area contributed by atoms with Gasteiger partial charge in [0.1, 0.15) is 11.3 Å². The molecule has 0 spiro atoms. The van der Waals surface area contributed by atoms with Gasteiger partial charge in [-0.3, -0.25) is 4.68 Å². The summed E-state index contributed by atoms with van der Waals surface area (Å²) in [6.45, 7) is 1.88. The Morgan fingerprint density at radius 1 is 0.966 bits per heavy atom. The Bertz CT molecular complexity index is 1200. The lowest BCUT2D eigenvalue weighted by atomic mass is 9.93. The fourth-order valence-electron chi connectivity index (χ4n) is 3.98. The van der Waals surface area contributed by atoms with Crippen molar-refractivity contribution in [3.05, 3.63) is 53.9 Å². The summed E-state index contributed by atoms with van der Waals surface area (Å²) in [7, 11) is 1.74. The molecule has 5 rings (SSSR count).